The van der Waals surface area contributed by atoms with Gasteiger partial charge in [-0.15, -0.1) is 0 Å². The van der Waals surface area contributed by atoms with Crippen LogP contribution in [0.4, 0.5) is 0 Å². The molecule has 2 aromatic rings. The van der Waals surface area contributed by atoms with Gasteiger partial charge in [-0.2, -0.15) is 0 Å². The first-order valence-corrected chi connectivity index (χ1v) is 5.05. The summed E-state index contributed by atoms with van der Waals surface area (Å²) < 4.78 is 0. The normalized spacial score (nSPS) is 9.13. The minimum absolute atomic E-state index is 0. The summed E-state index contributed by atoms with van der Waals surface area (Å²) in [6.07, 6.45) is 1.70. The molecule has 6 heteroatoms. The van der Waals surface area contributed by atoms with Crippen LogP contribution < -0.4 is 4.98 Å². The van der Waals surface area contributed by atoms with Gasteiger partial charge in [-0.3, -0.25) is 0 Å². The van der Waals surface area contributed by atoms with Crippen LogP contribution in [-0.2, 0) is 0 Å². The van der Waals surface area contributed by atoms with Gasteiger partial charge in [0.2, 0.25) is 0 Å². The number of fused-ring (bicyclic) bond motifs is 1. The van der Waals surface area contributed by atoms with Crippen molar-refractivity contribution in [3.05, 3.63) is 22.2 Å². The first-order chi connectivity index (χ1) is 6.68. The number of hydrogen-bond acceptors (Lipinski definition) is 2. The SMILES string of the molecule is CC.Cc1c[n-]c2nc(Cl)nc(Cl)c12.[Fm]. The van der Waals surface area contributed by atoms with E-state index in [4.69, 9.17) is 23.2 Å². The smallest absolute Gasteiger partial charge is 0.137 e. The molecule has 0 radical (unpaired) electrons. The Labute approximate surface area is 92.5 Å². The van der Waals surface area contributed by atoms with Gasteiger partial charge in [0, 0.05) is 5.39 Å². The van der Waals surface area contributed by atoms with Gasteiger partial charge in [-0.1, -0.05) is 43.2 Å². The number of aromatic nitrogens is 3. The number of nitrogens with zero attached hydrogens (tertiary/aromatic N) is 3. The van der Waals surface area contributed by atoms with Crippen molar-refractivity contribution in [1.29, 1.82) is 0 Å². The summed E-state index contributed by atoms with van der Waals surface area (Å²) in [5.41, 5.74) is 1.52. The molecule has 15 heavy (non-hydrogen) atoms. The van der Waals surface area contributed by atoms with E-state index in [0.717, 1.165) is 10.9 Å². The molecule has 2 aromatic heterocycles. The van der Waals surface area contributed by atoms with Crippen LogP contribution in [0.1, 0.15) is 19.4 Å². The van der Waals surface area contributed by atoms with E-state index in [1.54, 1.807) is 6.20 Å². The van der Waals surface area contributed by atoms with E-state index in [-0.39, 0.29) is 5.28 Å². The summed E-state index contributed by atoms with van der Waals surface area (Å²) in [7, 11) is 0. The Hall–Kier alpha value is -1.80. The fraction of sp³-hybridized carbons (Fsp3) is 0.333. The number of halogens is 2. The van der Waals surface area contributed by atoms with Crippen molar-refractivity contribution >= 4 is 34.2 Å². The number of rotatable bonds is 0. The quantitative estimate of drug-likeness (QED) is 0.423. The molecule has 2 heterocycles. The van der Waals surface area contributed by atoms with Crippen LogP contribution >= 0.6 is 23.2 Å². The van der Waals surface area contributed by atoms with E-state index in [1.807, 2.05) is 20.8 Å². The van der Waals surface area contributed by atoms with Gasteiger partial charge in [0.15, 0.2) is 0 Å². The Morgan fingerprint density at radius 1 is 1.20 bits per heavy atom. The van der Waals surface area contributed by atoms with Gasteiger partial charge >= 0.3 is 0 Å². The molecule has 3 nitrogen and oxygen atoms in total. The average Bonchev–Trinajstić information content (AvgIpc) is 2.51. The van der Waals surface area contributed by atoms with Crippen molar-refractivity contribution in [2.75, 3.05) is 0 Å². The zero-order valence-electron chi connectivity index (χ0n) is 8.46. The minimum Gasteiger partial charge on any atom is -0.442 e. The molecular weight excluding hydrogens is 478 g/mol. The van der Waals surface area contributed by atoms with E-state index in [1.165, 1.54) is 0 Å². The van der Waals surface area contributed by atoms with E-state index in [9.17, 15) is 0 Å². The molecule has 0 aliphatic carbocycles. The minimum atomic E-state index is 0. The molecule has 0 spiro atoms. The van der Waals surface area contributed by atoms with E-state index >= 15 is 0 Å². The summed E-state index contributed by atoms with van der Waals surface area (Å²) in [6.45, 7) is 5.90. The molecule has 0 aliphatic rings. The monoisotopic (exact) mass is 487 g/mol. The van der Waals surface area contributed by atoms with Crippen LogP contribution in [0.3, 0.4) is 0 Å². The standard InChI is InChI=1S/C7H4Cl2N3.C2H6.Fm/c1-3-2-10-6-4(3)5(8)11-7(9)12-6;1-2;/h2H,1H3;1-2H3;/q-1;;. The molecule has 0 fully saturated rings. The summed E-state index contributed by atoms with van der Waals surface area (Å²) in [5.74, 6) is 0. The summed E-state index contributed by atoms with van der Waals surface area (Å²) >= 11 is 11.4. The Bertz CT molecular complexity index is 442. The second-order valence-electron chi connectivity index (χ2n) is 2.42. The Morgan fingerprint density at radius 3 is 2.40 bits per heavy atom. The molecule has 0 N–H and O–H groups in total. The van der Waals surface area contributed by atoms with Gasteiger partial charge in [-0.25, -0.2) is 4.98 Å². The molecule has 0 bridgehead atoms. The zero-order valence-corrected chi connectivity index (χ0v) is 12.4. The van der Waals surface area contributed by atoms with Gasteiger partial charge in [-0.05, 0) is 18.1 Å². The number of hydrogen-bond donors (Lipinski definition) is 0. The van der Waals surface area contributed by atoms with Gasteiger partial charge in [0.1, 0.15) is 10.4 Å². The first kappa shape index (κ1) is 13.2. The third-order valence-electron chi connectivity index (χ3n) is 1.59. The molecular formula is C9H10Cl2FmN3-. The van der Waals surface area contributed by atoms with Crippen molar-refractivity contribution in [3.8, 4) is 0 Å². The van der Waals surface area contributed by atoms with Crippen LogP contribution in [0.2, 0.25) is 10.4 Å². The molecule has 0 amide bonds. The molecule has 2 rings (SSSR count). The molecule has 88 valence electrons. The molecule has 0 saturated carbocycles. The molecule has 0 atom stereocenters. The average molecular weight is 488 g/mol. The molecule has 0 aromatic carbocycles. The van der Waals surface area contributed by atoms with Crippen molar-refractivity contribution in [2.45, 2.75) is 20.8 Å². The van der Waals surface area contributed by atoms with Gasteiger partial charge in [0.05, 0.1) is 0 Å². The third kappa shape index (κ3) is 2.36. The predicted molar refractivity (Wildman–Crippen MR) is 59.0 cm³/mol. The Kier molecular flexibility index (Phi) is 4.55. The zero-order chi connectivity index (χ0) is 10.7. The van der Waals surface area contributed by atoms with E-state index < -0.39 is 0 Å². The summed E-state index contributed by atoms with van der Waals surface area (Å²) in [4.78, 5) is 11.8. The number of aryl methyl sites for hydroxylation is 1. The fourth-order valence-corrected chi connectivity index (χ4v) is 1.57. The van der Waals surface area contributed by atoms with Gasteiger partial charge < -0.3 is 9.97 Å². The van der Waals surface area contributed by atoms with Crippen LogP contribution in [-0.4, -0.2) is 9.97 Å². The van der Waals surface area contributed by atoms with Crippen LogP contribution in [0.5, 0.6) is 0 Å². The Morgan fingerprint density at radius 2 is 1.80 bits per heavy atom. The molecule has 0 unspecified atom stereocenters. The van der Waals surface area contributed by atoms with Crippen LogP contribution in [0, 0.1) is 6.92 Å². The van der Waals surface area contributed by atoms with Gasteiger partial charge in [0.25, 0.3) is 0 Å². The maximum absolute atomic E-state index is 5.83. The maximum atomic E-state index is 5.83. The van der Waals surface area contributed by atoms with Crippen molar-refractivity contribution in [1.82, 2.24) is 15.0 Å². The Balaban J connectivity index is 0.000000617. The van der Waals surface area contributed by atoms with Crippen molar-refractivity contribution in [3.63, 3.8) is 0 Å². The fourth-order valence-electron chi connectivity index (χ4n) is 1.05. The predicted octanol–water partition coefficient (Wildman–Crippen LogP) is 3.23. The van der Waals surface area contributed by atoms with E-state index in [0.29, 0.717) is 10.8 Å². The second-order valence-corrected chi connectivity index (χ2v) is 3.12. The maximum Gasteiger partial charge on any atom is 0.137 e. The van der Waals surface area contributed by atoms with Crippen molar-refractivity contribution < 1.29 is 0 Å². The molecule has 0 aliphatic heterocycles. The summed E-state index contributed by atoms with van der Waals surface area (Å²) in [6, 6.07) is 0. The second kappa shape index (κ2) is 5.17. The van der Waals surface area contributed by atoms with Crippen molar-refractivity contribution in [2.24, 2.45) is 0 Å². The topological polar surface area (TPSA) is 39.9 Å². The first-order valence-electron chi connectivity index (χ1n) is 4.29. The molecule has 0 saturated heterocycles. The van der Waals surface area contributed by atoms with Crippen LogP contribution in [0.15, 0.2) is 6.20 Å². The summed E-state index contributed by atoms with van der Waals surface area (Å²) in [5, 5.41) is 1.27. The third-order valence-corrected chi connectivity index (χ3v) is 2.04. The van der Waals surface area contributed by atoms with E-state index in [2.05, 4.69) is 15.0 Å². The van der Waals surface area contributed by atoms with Crippen LogP contribution in [0.25, 0.3) is 11.0 Å². The largest absolute Gasteiger partial charge is 0.442 e.